The average molecular weight is 427 g/mol. The van der Waals surface area contributed by atoms with Crippen LogP contribution in [0.2, 0.25) is 0 Å². The highest BCUT2D eigenvalue weighted by atomic mass is 16.5. The van der Waals surface area contributed by atoms with Crippen molar-refractivity contribution in [2.75, 3.05) is 37.4 Å². The fourth-order valence-corrected chi connectivity index (χ4v) is 2.68. The molecule has 0 fully saturated rings. The summed E-state index contributed by atoms with van der Waals surface area (Å²) in [5.74, 6) is -0.693. The van der Waals surface area contributed by atoms with Gasteiger partial charge in [-0.25, -0.2) is 0 Å². The van der Waals surface area contributed by atoms with Gasteiger partial charge in [0.2, 0.25) is 5.91 Å². The van der Waals surface area contributed by atoms with Crippen molar-refractivity contribution in [3.63, 3.8) is 0 Å². The minimum Gasteiger partial charge on any atom is -0.383 e. The maximum absolute atomic E-state index is 12.3. The van der Waals surface area contributed by atoms with Crippen LogP contribution in [0.5, 0.6) is 0 Å². The Balaban J connectivity index is 1.91. The third-order valence-corrected chi connectivity index (χ3v) is 4.07. The van der Waals surface area contributed by atoms with Crippen molar-refractivity contribution in [3.05, 3.63) is 59.7 Å². The van der Waals surface area contributed by atoms with Crippen molar-refractivity contribution < 1.29 is 19.1 Å². The summed E-state index contributed by atoms with van der Waals surface area (Å²) < 4.78 is 4.91. The highest BCUT2D eigenvalue weighted by molar-refractivity contribution is 5.98. The lowest BCUT2D eigenvalue weighted by Gasteiger charge is -2.20. The molecule has 2 aromatic carbocycles. The maximum atomic E-state index is 12.3. The molecule has 0 aromatic heterocycles. The maximum Gasteiger partial charge on any atom is 0.251 e. The highest BCUT2D eigenvalue weighted by Gasteiger charge is 2.15. The van der Waals surface area contributed by atoms with Gasteiger partial charge in [-0.05, 0) is 57.2 Å². The van der Waals surface area contributed by atoms with Gasteiger partial charge in [-0.15, -0.1) is 0 Å². The van der Waals surface area contributed by atoms with Crippen molar-refractivity contribution in [1.82, 2.24) is 10.6 Å². The van der Waals surface area contributed by atoms with Gasteiger partial charge in [0.25, 0.3) is 11.8 Å². The summed E-state index contributed by atoms with van der Waals surface area (Å²) in [6.45, 7) is 6.57. The van der Waals surface area contributed by atoms with Crippen molar-refractivity contribution in [2.24, 2.45) is 0 Å². The Morgan fingerprint density at radius 1 is 0.903 bits per heavy atom. The number of amides is 3. The van der Waals surface area contributed by atoms with E-state index < -0.39 is 0 Å². The second kappa shape index (κ2) is 11.1. The molecule has 2 rings (SSSR count). The van der Waals surface area contributed by atoms with E-state index >= 15 is 0 Å². The molecule has 8 nitrogen and oxygen atoms in total. The van der Waals surface area contributed by atoms with Crippen LogP contribution in [0.15, 0.2) is 48.5 Å². The first-order valence-electron chi connectivity index (χ1n) is 10.0. The first-order chi connectivity index (χ1) is 14.7. The molecule has 0 aliphatic rings. The van der Waals surface area contributed by atoms with Crippen LogP contribution >= 0.6 is 0 Å². The Hall–Kier alpha value is -3.39. The summed E-state index contributed by atoms with van der Waals surface area (Å²) in [6.07, 6.45) is 0. The number of rotatable bonds is 9. The fraction of sp³-hybridized carbons (Fsp3) is 0.348. The molecule has 31 heavy (non-hydrogen) atoms. The quantitative estimate of drug-likeness (QED) is 0.461. The topological polar surface area (TPSA) is 109 Å². The van der Waals surface area contributed by atoms with Crippen LogP contribution in [0.4, 0.5) is 11.4 Å². The highest BCUT2D eigenvalue weighted by Crippen LogP contribution is 2.13. The molecule has 2 aromatic rings. The van der Waals surface area contributed by atoms with E-state index in [4.69, 9.17) is 4.74 Å². The number of methoxy groups -OCH3 is 1. The molecule has 4 N–H and O–H groups in total. The lowest BCUT2D eigenvalue weighted by atomic mass is 10.1. The molecule has 0 radical (unpaired) electrons. The minimum absolute atomic E-state index is 0.00711. The zero-order chi connectivity index (χ0) is 22.9. The van der Waals surface area contributed by atoms with E-state index in [0.717, 1.165) is 0 Å². The van der Waals surface area contributed by atoms with Crippen molar-refractivity contribution in [1.29, 1.82) is 0 Å². The van der Waals surface area contributed by atoms with Crippen LogP contribution in [0.1, 0.15) is 41.5 Å². The number of benzene rings is 2. The van der Waals surface area contributed by atoms with Gasteiger partial charge in [0, 0.05) is 41.7 Å². The third kappa shape index (κ3) is 8.47. The second-order valence-corrected chi connectivity index (χ2v) is 8.02. The number of hydrogen-bond donors (Lipinski definition) is 4. The van der Waals surface area contributed by atoms with Crippen LogP contribution in [-0.2, 0) is 9.53 Å². The number of carbonyl (C=O) groups is 3. The molecule has 0 atom stereocenters. The van der Waals surface area contributed by atoms with Gasteiger partial charge >= 0.3 is 0 Å². The summed E-state index contributed by atoms with van der Waals surface area (Å²) in [6, 6.07) is 13.6. The number of ether oxygens (including phenoxy) is 1. The van der Waals surface area contributed by atoms with Crippen molar-refractivity contribution in [2.45, 2.75) is 26.3 Å². The van der Waals surface area contributed by atoms with Gasteiger partial charge in [0.15, 0.2) is 0 Å². The molecule has 0 saturated heterocycles. The zero-order valence-electron chi connectivity index (χ0n) is 18.4. The van der Waals surface area contributed by atoms with Crippen molar-refractivity contribution >= 4 is 29.1 Å². The van der Waals surface area contributed by atoms with E-state index in [1.807, 2.05) is 20.8 Å². The molecule has 0 saturated carbocycles. The summed E-state index contributed by atoms with van der Waals surface area (Å²) in [4.78, 5) is 36.7. The number of anilines is 2. The molecule has 166 valence electrons. The molecule has 0 bridgehead atoms. The first kappa shape index (κ1) is 23.9. The van der Waals surface area contributed by atoms with Gasteiger partial charge < -0.3 is 26.0 Å². The number of hydrogen-bond acceptors (Lipinski definition) is 5. The van der Waals surface area contributed by atoms with E-state index in [0.29, 0.717) is 35.7 Å². The second-order valence-electron chi connectivity index (χ2n) is 8.02. The Kier molecular flexibility index (Phi) is 8.57. The Labute approximate surface area is 182 Å². The third-order valence-electron chi connectivity index (χ3n) is 4.07. The van der Waals surface area contributed by atoms with E-state index in [1.54, 1.807) is 55.6 Å². The van der Waals surface area contributed by atoms with Gasteiger partial charge in [0.1, 0.15) is 0 Å². The average Bonchev–Trinajstić information content (AvgIpc) is 2.71. The first-order valence-corrected chi connectivity index (χ1v) is 10.0. The molecule has 0 heterocycles. The molecule has 3 amide bonds. The molecule has 0 aliphatic heterocycles. The predicted molar refractivity (Wildman–Crippen MR) is 121 cm³/mol. The van der Waals surface area contributed by atoms with Gasteiger partial charge in [0.05, 0.1) is 13.2 Å². The molecule has 0 aliphatic carbocycles. The predicted octanol–water partition coefficient (Wildman–Crippen LogP) is 2.64. The van der Waals surface area contributed by atoms with E-state index in [-0.39, 0.29) is 29.8 Å². The summed E-state index contributed by atoms with van der Waals surface area (Å²) >= 11 is 0. The standard InChI is InChI=1S/C23H30N4O4/c1-23(2,3)27-22(30)17-8-6-10-19(14-17)26-20(28)15-25-18-9-5-7-16(13-18)21(29)24-11-12-31-4/h5-10,13-14,25H,11-12,15H2,1-4H3,(H,24,29)(H,26,28)(H,27,30). The molecular weight excluding hydrogens is 396 g/mol. The summed E-state index contributed by atoms with van der Waals surface area (Å²) in [5, 5.41) is 11.4. The lowest BCUT2D eigenvalue weighted by Crippen LogP contribution is -2.40. The Morgan fingerprint density at radius 3 is 2.16 bits per heavy atom. The van der Waals surface area contributed by atoms with E-state index in [9.17, 15) is 14.4 Å². The van der Waals surface area contributed by atoms with E-state index in [2.05, 4.69) is 21.3 Å². The van der Waals surface area contributed by atoms with Crippen LogP contribution in [0, 0.1) is 0 Å². The number of nitrogens with one attached hydrogen (secondary N) is 4. The zero-order valence-corrected chi connectivity index (χ0v) is 18.4. The summed E-state index contributed by atoms with van der Waals surface area (Å²) in [5.41, 5.74) is 1.77. The largest absolute Gasteiger partial charge is 0.383 e. The Bertz CT molecular complexity index is 922. The number of carbonyl (C=O) groups excluding carboxylic acids is 3. The van der Waals surface area contributed by atoms with Crippen LogP contribution in [0.25, 0.3) is 0 Å². The molecular formula is C23H30N4O4. The minimum atomic E-state index is -0.352. The lowest BCUT2D eigenvalue weighted by molar-refractivity contribution is -0.114. The fourth-order valence-electron chi connectivity index (χ4n) is 2.68. The van der Waals surface area contributed by atoms with Gasteiger partial charge in [-0.2, -0.15) is 0 Å². The summed E-state index contributed by atoms with van der Waals surface area (Å²) in [7, 11) is 1.57. The van der Waals surface area contributed by atoms with Gasteiger partial charge in [-0.3, -0.25) is 14.4 Å². The van der Waals surface area contributed by atoms with Gasteiger partial charge in [-0.1, -0.05) is 12.1 Å². The molecule has 0 unspecified atom stereocenters. The molecule has 0 spiro atoms. The molecule has 8 heteroatoms. The van der Waals surface area contributed by atoms with Crippen LogP contribution in [-0.4, -0.2) is 50.1 Å². The van der Waals surface area contributed by atoms with Crippen molar-refractivity contribution in [3.8, 4) is 0 Å². The van der Waals surface area contributed by atoms with Crippen LogP contribution < -0.4 is 21.3 Å². The van der Waals surface area contributed by atoms with E-state index in [1.165, 1.54) is 0 Å². The SMILES string of the molecule is COCCNC(=O)c1cccc(NCC(=O)Nc2cccc(C(=O)NC(C)(C)C)c2)c1. The van der Waals surface area contributed by atoms with Crippen LogP contribution in [0.3, 0.4) is 0 Å². The smallest absolute Gasteiger partial charge is 0.251 e. The Morgan fingerprint density at radius 2 is 1.52 bits per heavy atom. The normalized spacial score (nSPS) is 10.8. The monoisotopic (exact) mass is 426 g/mol.